The SMILES string of the molecule is c1ccc(-c2nnc(COc3ncnc4ccccc34)o2)cc1. The van der Waals surface area contributed by atoms with Gasteiger partial charge >= 0.3 is 0 Å². The van der Waals surface area contributed by atoms with Crippen LogP contribution in [0.2, 0.25) is 0 Å². The van der Waals surface area contributed by atoms with E-state index in [-0.39, 0.29) is 6.61 Å². The Morgan fingerprint density at radius 1 is 0.870 bits per heavy atom. The highest BCUT2D eigenvalue weighted by molar-refractivity contribution is 5.82. The molecule has 6 heteroatoms. The zero-order chi connectivity index (χ0) is 15.5. The first-order valence-corrected chi connectivity index (χ1v) is 7.10. The monoisotopic (exact) mass is 304 g/mol. The third kappa shape index (κ3) is 2.74. The molecule has 2 heterocycles. The molecule has 0 spiro atoms. The first-order chi connectivity index (χ1) is 11.4. The van der Waals surface area contributed by atoms with Gasteiger partial charge in [0.05, 0.1) is 10.9 Å². The average Bonchev–Trinajstić information content (AvgIpc) is 3.10. The quantitative estimate of drug-likeness (QED) is 0.576. The highest BCUT2D eigenvalue weighted by Crippen LogP contribution is 2.22. The third-order valence-electron chi connectivity index (χ3n) is 3.33. The lowest BCUT2D eigenvalue weighted by atomic mass is 10.2. The lowest BCUT2D eigenvalue weighted by molar-refractivity contribution is 0.258. The molecule has 0 aliphatic carbocycles. The predicted molar refractivity (Wildman–Crippen MR) is 83.6 cm³/mol. The summed E-state index contributed by atoms with van der Waals surface area (Å²) in [6.45, 7) is 0.154. The standard InChI is InChI=1S/C17H12N4O2/c1-2-6-12(7-3-1)16-21-20-15(23-16)10-22-17-13-8-4-5-9-14(13)18-11-19-17/h1-9,11H,10H2. The second-order valence-corrected chi connectivity index (χ2v) is 4.85. The van der Waals surface area contributed by atoms with Crippen LogP contribution in [0.1, 0.15) is 5.89 Å². The second kappa shape index (κ2) is 5.84. The summed E-state index contributed by atoms with van der Waals surface area (Å²) in [6.07, 6.45) is 1.47. The summed E-state index contributed by atoms with van der Waals surface area (Å²) in [5.74, 6) is 1.36. The summed E-state index contributed by atoms with van der Waals surface area (Å²) < 4.78 is 11.3. The number of hydrogen-bond acceptors (Lipinski definition) is 6. The molecular formula is C17H12N4O2. The van der Waals surface area contributed by atoms with Crippen molar-refractivity contribution in [3.8, 4) is 17.3 Å². The predicted octanol–water partition coefficient (Wildman–Crippen LogP) is 3.26. The molecule has 0 aliphatic heterocycles. The van der Waals surface area contributed by atoms with Crippen LogP contribution in [-0.2, 0) is 6.61 Å². The average molecular weight is 304 g/mol. The van der Waals surface area contributed by atoms with Crippen molar-refractivity contribution in [3.05, 3.63) is 66.8 Å². The normalized spacial score (nSPS) is 10.8. The van der Waals surface area contributed by atoms with E-state index in [0.717, 1.165) is 16.5 Å². The largest absolute Gasteiger partial charge is 0.467 e. The lowest BCUT2D eigenvalue weighted by Gasteiger charge is -2.04. The van der Waals surface area contributed by atoms with E-state index in [1.54, 1.807) is 0 Å². The van der Waals surface area contributed by atoms with Gasteiger partial charge in [0, 0.05) is 5.56 Å². The number of aromatic nitrogens is 4. The minimum absolute atomic E-state index is 0.154. The fraction of sp³-hybridized carbons (Fsp3) is 0.0588. The Bertz CT molecular complexity index is 932. The van der Waals surface area contributed by atoms with E-state index in [2.05, 4.69) is 20.2 Å². The number of para-hydroxylation sites is 1. The van der Waals surface area contributed by atoms with E-state index < -0.39 is 0 Å². The van der Waals surface area contributed by atoms with Crippen molar-refractivity contribution >= 4 is 10.9 Å². The first kappa shape index (κ1) is 13.4. The molecule has 0 aliphatic rings. The van der Waals surface area contributed by atoms with E-state index >= 15 is 0 Å². The molecular weight excluding hydrogens is 292 g/mol. The van der Waals surface area contributed by atoms with Gasteiger partial charge in [-0.1, -0.05) is 30.3 Å². The van der Waals surface area contributed by atoms with Crippen molar-refractivity contribution in [1.82, 2.24) is 20.2 Å². The van der Waals surface area contributed by atoms with E-state index in [0.29, 0.717) is 17.7 Å². The van der Waals surface area contributed by atoms with Crippen LogP contribution in [0.5, 0.6) is 5.88 Å². The third-order valence-corrected chi connectivity index (χ3v) is 3.33. The molecule has 0 N–H and O–H groups in total. The van der Waals surface area contributed by atoms with Crippen LogP contribution < -0.4 is 4.74 Å². The second-order valence-electron chi connectivity index (χ2n) is 4.85. The molecule has 0 saturated carbocycles. The zero-order valence-corrected chi connectivity index (χ0v) is 12.1. The topological polar surface area (TPSA) is 73.9 Å². The number of fused-ring (bicyclic) bond motifs is 1. The highest BCUT2D eigenvalue weighted by Gasteiger charge is 2.10. The van der Waals surface area contributed by atoms with Crippen molar-refractivity contribution in [1.29, 1.82) is 0 Å². The molecule has 4 rings (SSSR count). The number of ether oxygens (including phenoxy) is 1. The van der Waals surface area contributed by atoms with Crippen LogP contribution in [0.4, 0.5) is 0 Å². The summed E-state index contributed by atoms with van der Waals surface area (Å²) in [4.78, 5) is 8.36. The number of benzene rings is 2. The fourth-order valence-corrected chi connectivity index (χ4v) is 2.23. The summed E-state index contributed by atoms with van der Waals surface area (Å²) in [7, 11) is 0. The number of rotatable bonds is 4. The molecule has 2 aromatic heterocycles. The van der Waals surface area contributed by atoms with Crippen molar-refractivity contribution in [2.24, 2.45) is 0 Å². The molecule has 6 nitrogen and oxygen atoms in total. The van der Waals surface area contributed by atoms with Crippen LogP contribution in [0, 0.1) is 0 Å². The van der Waals surface area contributed by atoms with Crippen molar-refractivity contribution in [2.75, 3.05) is 0 Å². The number of hydrogen-bond donors (Lipinski definition) is 0. The molecule has 2 aromatic carbocycles. The summed E-state index contributed by atoms with van der Waals surface area (Å²) in [6, 6.07) is 17.3. The van der Waals surface area contributed by atoms with E-state index in [9.17, 15) is 0 Å². The van der Waals surface area contributed by atoms with Crippen LogP contribution >= 0.6 is 0 Å². The molecule has 0 bridgehead atoms. The van der Waals surface area contributed by atoms with E-state index in [1.165, 1.54) is 6.33 Å². The fourth-order valence-electron chi connectivity index (χ4n) is 2.23. The Morgan fingerprint density at radius 3 is 2.61 bits per heavy atom. The maximum absolute atomic E-state index is 5.71. The highest BCUT2D eigenvalue weighted by atomic mass is 16.5. The van der Waals surface area contributed by atoms with Gasteiger partial charge in [0.15, 0.2) is 6.61 Å². The number of nitrogens with zero attached hydrogens (tertiary/aromatic N) is 4. The lowest BCUT2D eigenvalue weighted by Crippen LogP contribution is -1.99. The van der Waals surface area contributed by atoms with Gasteiger partial charge in [-0.15, -0.1) is 10.2 Å². The van der Waals surface area contributed by atoms with Gasteiger partial charge in [0.25, 0.3) is 5.89 Å². The molecule has 112 valence electrons. The van der Waals surface area contributed by atoms with E-state index in [4.69, 9.17) is 9.15 Å². The molecule has 23 heavy (non-hydrogen) atoms. The van der Waals surface area contributed by atoms with Crippen molar-refractivity contribution in [2.45, 2.75) is 6.61 Å². The smallest absolute Gasteiger partial charge is 0.254 e. The van der Waals surface area contributed by atoms with Gasteiger partial charge in [0.1, 0.15) is 6.33 Å². The Kier molecular flexibility index (Phi) is 3.40. The van der Waals surface area contributed by atoms with Crippen LogP contribution in [0.15, 0.2) is 65.3 Å². The van der Waals surface area contributed by atoms with Gasteiger partial charge in [-0.3, -0.25) is 0 Å². The molecule has 0 fully saturated rings. The maximum atomic E-state index is 5.71. The molecule has 0 radical (unpaired) electrons. The van der Waals surface area contributed by atoms with Crippen molar-refractivity contribution in [3.63, 3.8) is 0 Å². The Labute approximate surface area is 131 Å². The van der Waals surface area contributed by atoms with Gasteiger partial charge in [-0.25, -0.2) is 9.97 Å². The molecule has 0 unspecified atom stereocenters. The zero-order valence-electron chi connectivity index (χ0n) is 12.1. The minimum atomic E-state index is 0.154. The molecule has 0 amide bonds. The van der Waals surface area contributed by atoms with Gasteiger partial charge < -0.3 is 9.15 Å². The molecule has 0 saturated heterocycles. The van der Waals surface area contributed by atoms with Crippen LogP contribution in [-0.4, -0.2) is 20.2 Å². The maximum Gasteiger partial charge on any atom is 0.254 e. The van der Waals surface area contributed by atoms with Crippen LogP contribution in [0.25, 0.3) is 22.4 Å². The van der Waals surface area contributed by atoms with E-state index in [1.807, 2.05) is 54.6 Å². The van der Waals surface area contributed by atoms with Gasteiger partial charge in [0.2, 0.25) is 11.8 Å². The Hall–Kier alpha value is -3.28. The van der Waals surface area contributed by atoms with Crippen molar-refractivity contribution < 1.29 is 9.15 Å². The first-order valence-electron chi connectivity index (χ1n) is 7.10. The van der Waals surface area contributed by atoms with Crippen LogP contribution in [0.3, 0.4) is 0 Å². The van der Waals surface area contributed by atoms with Gasteiger partial charge in [-0.2, -0.15) is 0 Å². The minimum Gasteiger partial charge on any atom is -0.467 e. The Balaban J connectivity index is 1.54. The summed E-state index contributed by atoms with van der Waals surface area (Å²) >= 11 is 0. The molecule has 4 aromatic rings. The summed E-state index contributed by atoms with van der Waals surface area (Å²) in [5.41, 5.74) is 1.70. The molecule has 0 atom stereocenters. The Morgan fingerprint density at radius 2 is 1.70 bits per heavy atom. The van der Waals surface area contributed by atoms with Gasteiger partial charge in [-0.05, 0) is 24.3 Å². The summed E-state index contributed by atoms with van der Waals surface area (Å²) in [5, 5.41) is 8.88.